The van der Waals surface area contributed by atoms with Crippen LogP contribution >= 0.6 is 8.53 Å². The van der Waals surface area contributed by atoms with E-state index in [-0.39, 0.29) is 36.9 Å². The van der Waals surface area contributed by atoms with Crippen LogP contribution in [0.4, 0.5) is 0 Å². The average molecular weight is 514 g/mol. The van der Waals surface area contributed by atoms with E-state index in [1.807, 2.05) is 0 Å². The van der Waals surface area contributed by atoms with Crippen LogP contribution in [-0.2, 0) is 37.6 Å². The van der Waals surface area contributed by atoms with Crippen LogP contribution in [0.25, 0.3) is 0 Å². The van der Waals surface area contributed by atoms with Crippen LogP contribution in [0.3, 0.4) is 0 Å². The minimum atomic E-state index is -1.36. The predicted octanol–water partition coefficient (Wildman–Crippen LogP) is 2.16. The number of fused-ring (bicyclic) bond motifs is 8. The van der Waals surface area contributed by atoms with E-state index in [1.165, 1.54) is 12.0 Å². The normalized spacial score (nSPS) is 36.5. The summed E-state index contributed by atoms with van der Waals surface area (Å²) in [6, 6.07) is 2.48. The summed E-state index contributed by atoms with van der Waals surface area (Å²) in [5, 5.41) is 8.84. The Hall–Kier alpha value is -1.22. The standard InChI is InChI=1S/C23H36N3O8P/c1-13(2)26(14(3)4)35(30-11-7-9-24)31-12-8-10-25-21(27)15-16(22(25)28)18-20-19(17(15)32-18)33-23(5,29-6)34-20/h13-20H,7-8,10-12H2,1-6H3/t15?,16?,17-,18?,19+,20?,23?,35?/m0/s1. The highest BCUT2D eigenvalue weighted by Gasteiger charge is 2.73. The maximum atomic E-state index is 13.2. The molecule has 4 rings (SSSR count). The van der Waals surface area contributed by atoms with Crippen molar-refractivity contribution in [3.05, 3.63) is 0 Å². The van der Waals surface area contributed by atoms with Crippen molar-refractivity contribution in [2.75, 3.05) is 26.9 Å². The third-order valence-corrected chi connectivity index (χ3v) is 9.05. The van der Waals surface area contributed by atoms with Crippen molar-refractivity contribution < 1.29 is 37.6 Å². The Morgan fingerprint density at radius 2 is 1.57 bits per heavy atom. The molecule has 2 bridgehead atoms. The van der Waals surface area contributed by atoms with Crippen molar-refractivity contribution in [2.24, 2.45) is 11.8 Å². The summed E-state index contributed by atoms with van der Waals surface area (Å²) < 4.78 is 37.2. The van der Waals surface area contributed by atoms with E-state index in [9.17, 15) is 9.59 Å². The first-order chi connectivity index (χ1) is 16.6. The number of hydrogen-bond acceptors (Lipinski definition) is 10. The highest BCUT2D eigenvalue weighted by atomic mass is 31.2. The second kappa shape index (κ2) is 10.6. The summed E-state index contributed by atoms with van der Waals surface area (Å²) in [4.78, 5) is 27.7. The molecule has 0 spiro atoms. The number of carbonyl (C=O) groups excluding carboxylic acids is 2. The second-order valence-electron chi connectivity index (χ2n) is 9.91. The van der Waals surface area contributed by atoms with Crippen molar-refractivity contribution in [2.45, 2.75) is 89.9 Å². The molecule has 196 valence electrons. The second-order valence-corrected chi connectivity index (χ2v) is 11.4. The van der Waals surface area contributed by atoms with Crippen LogP contribution in [0.2, 0.25) is 0 Å². The van der Waals surface area contributed by atoms with Crippen molar-refractivity contribution in [3.63, 3.8) is 0 Å². The van der Waals surface area contributed by atoms with Gasteiger partial charge in [0.1, 0.15) is 12.2 Å². The minimum absolute atomic E-state index is 0.198. The molecule has 0 saturated carbocycles. The van der Waals surface area contributed by atoms with Crippen molar-refractivity contribution in [3.8, 4) is 6.07 Å². The number of methoxy groups -OCH3 is 1. The molecular formula is C23H36N3O8P. The molecule has 35 heavy (non-hydrogen) atoms. The Morgan fingerprint density at radius 3 is 2.06 bits per heavy atom. The number of nitriles is 1. The van der Waals surface area contributed by atoms with Crippen LogP contribution in [0.15, 0.2) is 0 Å². The summed E-state index contributed by atoms with van der Waals surface area (Å²) in [5.41, 5.74) is 0. The van der Waals surface area contributed by atoms with Gasteiger partial charge in [0.15, 0.2) is 0 Å². The zero-order valence-corrected chi connectivity index (χ0v) is 22.1. The van der Waals surface area contributed by atoms with Crippen molar-refractivity contribution in [1.29, 1.82) is 5.26 Å². The summed E-state index contributed by atoms with van der Waals surface area (Å²) in [5.74, 6) is -2.74. The molecule has 4 heterocycles. The lowest BCUT2D eigenvalue weighted by molar-refractivity contribution is -0.330. The Labute approximate surface area is 207 Å². The van der Waals surface area contributed by atoms with Gasteiger partial charge in [-0.1, -0.05) is 0 Å². The molecule has 11 nitrogen and oxygen atoms in total. The summed E-state index contributed by atoms with van der Waals surface area (Å²) in [7, 11) is 0.130. The van der Waals surface area contributed by atoms with E-state index in [4.69, 9.17) is 33.3 Å². The van der Waals surface area contributed by atoms with E-state index < -0.39 is 50.8 Å². The molecule has 4 fully saturated rings. The van der Waals surface area contributed by atoms with Crippen LogP contribution in [0.5, 0.6) is 0 Å². The molecule has 4 saturated heterocycles. The number of hydrogen-bond donors (Lipinski definition) is 0. The number of ether oxygens (including phenoxy) is 4. The van der Waals surface area contributed by atoms with Gasteiger partial charge in [0.05, 0.1) is 49.7 Å². The molecule has 0 aromatic rings. The number of carbonyl (C=O) groups is 2. The molecule has 0 aromatic heterocycles. The summed E-state index contributed by atoms with van der Waals surface area (Å²) >= 11 is 0. The monoisotopic (exact) mass is 513 g/mol. The van der Waals surface area contributed by atoms with Crippen LogP contribution in [0.1, 0.15) is 47.5 Å². The molecule has 0 aliphatic carbocycles. The Morgan fingerprint density at radius 1 is 1.03 bits per heavy atom. The summed E-state index contributed by atoms with van der Waals surface area (Å²) in [6.07, 6.45) is -1.13. The molecule has 8 atom stereocenters. The number of amides is 2. The zero-order chi connectivity index (χ0) is 25.5. The first kappa shape index (κ1) is 26.8. The maximum Gasteiger partial charge on any atom is 0.280 e. The number of likely N-dealkylation sites (tertiary alicyclic amines) is 1. The number of rotatable bonds is 12. The van der Waals surface area contributed by atoms with E-state index >= 15 is 0 Å². The summed E-state index contributed by atoms with van der Waals surface area (Å²) in [6.45, 7) is 10.8. The van der Waals surface area contributed by atoms with E-state index in [2.05, 4.69) is 38.4 Å². The Balaban J connectivity index is 1.33. The zero-order valence-electron chi connectivity index (χ0n) is 21.2. The van der Waals surface area contributed by atoms with Crippen LogP contribution in [0, 0.1) is 23.2 Å². The Bertz CT molecular complexity index is 807. The minimum Gasteiger partial charge on any atom is -0.368 e. The van der Waals surface area contributed by atoms with Gasteiger partial charge in [0.25, 0.3) is 14.5 Å². The maximum absolute atomic E-state index is 13.2. The van der Waals surface area contributed by atoms with E-state index in [1.54, 1.807) is 6.92 Å². The molecular weight excluding hydrogens is 477 g/mol. The third kappa shape index (κ3) is 4.88. The lowest BCUT2D eigenvalue weighted by Gasteiger charge is -2.35. The van der Waals surface area contributed by atoms with Crippen molar-refractivity contribution in [1.82, 2.24) is 9.57 Å². The first-order valence-corrected chi connectivity index (χ1v) is 13.4. The third-order valence-electron chi connectivity index (χ3n) is 6.94. The highest BCUT2D eigenvalue weighted by Crippen LogP contribution is 2.54. The first-order valence-electron chi connectivity index (χ1n) is 12.3. The average Bonchev–Trinajstić information content (AvgIpc) is 3.50. The number of nitrogens with zero attached hydrogens (tertiary/aromatic N) is 3. The Kier molecular flexibility index (Phi) is 8.16. The molecule has 0 aromatic carbocycles. The molecule has 6 unspecified atom stereocenters. The SMILES string of the molecule is COC1(C)OC2C3O[C@@H](C4C(=O)N(CCCOP(OCCC#N)N(C(C)C)C(C)C)C(=O)C34)[C@H]2O1. The molecule has 12 heteroatoms. The van der Waals surface area contributed by atoms with Gasteiger partial charge in [0, 0.05) is 32.7 Å². The molecule has 0 radical (unpaired) electrons. The van der Waals surface area contributed by atoms with Crippen molar-refractivity contribution >= 4 is 20.3 Å². The van der Waals surface area contributed by atoms with Gasteiger partial charge >= 0.3 is 0 Å². The van der Waals surface area contributed by atoms with Gasteiger partial charge in [-0.25, -0.2) is 4.67 Å². The van der Waals surface area contributed by atoms with E-state index in [0.717, 1.165) is 0 Å². The fourth-order valence-corrected chi connectivity index (χ4v) is 7.17. The molecule has 2 amide bonds. The largest absolute Gasteiger partial charge is 0.368 e. The van der Waals surface area contributed by atoms with Gasteiger partial charge in [0.2, 0.25) is 11.8 Å². The smallest absolute Gasteiger partial charge is 0.280 e. The topological polar surface area (TPSA) is 120 Å². The fraction of sp³-hybridized carbons (Fsp3) is 0.870. The van der Waals surface area contributed by atoms with Gasteiger partial charge in [-0.3, -0.25) is 14.5 Å². The molecule has 4 aliphatic heterocycles. The highest BCUT2D eigenvalue weighted by molar-refractivity contribution is 7.44. The van der Waals surface area contributed by atoms with Gasteiger partial charge < -0.3 is 28.0 Å². The fourth-order valence-electron chi connectivity index (χ4n) is 5.54. The lowest BCUT2D eigenvalue weighted by atomic mass is 9.78. The van der Waals surface area contributed by atoms with Gasteiger partial charge in [-0.2, -0.15) is 5.26 Å². The van der Waals surface area contributed by atoms with Gasteiger partial charge in [-0.15, -0.1) is 0 Å². The van der Waals surface area contributed by atoms with Gasteiger partial charge in [-0.05, 0) is 34.1 Å². The lowest BCUT2D eigenvalue weighted by Crippen LogP contribution is -2.46. The van der Waals surface area contributed by atoms with E-state index in [0.29, 0.717) is 19.6 Å². The van der Waals surface area contributed by atoms with Crippen LogP contribution < -0.4 is 0 Å². The quantitative estimate of drug-likeness (QED) is 0.218. The van der Waals surface area contributed by atoms with Crippen LogP contribution in [-0.4, -0.2) is 90.7 Å². The predicted molar refractivity (Wildman–Crippen MR) is 123 cm³/mol. The number of imide groups is 1. The molecule has 0 N–H and O–H groups in total. The molecule has 4 aliphatic rings.